The summed E-state index contributed by atoms with van der Waals surface area (Å²) in [5.41, 5.74) is 4.05. The standard InChI is InChI=1S/C28H27N5O4/c1-28(2)16-33(26(35)20-11-25(34)32(15-20)21-6-4-5-18(9-21)12-29)23-8-7-19(10-22(23)28)14-31-17-30-13-24(31)27(36)37-3/h4-10,13,17,20H,11,14-16H2,1-3H3/t20-/m0/s1. The van der Waals surface area contributed by atoms with Gasteiger partial charge in [0.15, 0.2) is 0 Å². The maximum absolute atomic E-state index is 13.7. The first-order valence-electron chi connectivity index (χ1n) is 12.1. The molecule has 9 heteroatoms. The topological polar surface area (TPSA) is 109 Å². The highest BCUT2D eigenvalue weighted by Crippen LogP contribution is 2.42. The van der Waals surface area contributed by atoms with Crippen molar-refractivity contribution in [2.24, 2.45) is 5.92 Å². The third kappa shape index (κ3) is 4.35. The SMILES string of the molecule is COC(=O)c1cncn1Cc1ccc2c(c1)C(C)(C)CN2C(=O)[C@H]1CC(=O)N(c2cccc(C#N)c2)C1. The van der Waals surface area contributed by atoms with Crippen molar-refractivity contribution < 1.29 is 19.1 Å². The van der Waals surface area contributed by atoms with E-state index < -0.39 is 11.9 Å². The second kappa shape index (κ2) is 9.21. The number of esters is 1. The van der Waals surface area contributed by atoms with E-state index in [1.54, 1.807) is 45.0 Å². The van der Waals surface area contributed by atoms with E-state index in [9.17, 15) is 19.6 Å². The van der Waals surface area contributed by atoms with Gasteiger partial charge in [-0.25, -0.2) is 9.78 Å². The number of benzene rings is 2. The number of hydrogen-bond donors (Lipinski definition) is 0. The summed E-state index contributed by atoms with van der Waals surface area (Å²) in [6.07, 6.45) is 3.21. The van der Waals surface area contributed by atoms with Gasteiger partial charge in [0, 0.05) is 42.8 Å². The van der Waals surface area contributed by atoms with Gasteiger partial charge in [-0.3, -0.25) is 9.59 Å². The summed E-state index contributed by atoms with van der Waals surface area (Å²) >= 11 is 0. The molecule has 2 aliphatic heterocycles. The first-order chi connectivity index (χ1) is 17.7. The van der Waals surface area contributed by atoms with Crippen LogP contribution in [0.25, 0.3) is 0 Å². The lowest BCUT2D eigenvalue weighted by molar-refractivity contribution is -0.124. The Morgan fingerprint density at radius 1 is 1.22 bits per heavy atom. The molecule has 0 radical (unpaired) electrons. The lowest BCUT2D eigenvalue weighted by Gasteiger charge is -2.23. The average molecular weight is 498 g/mol. The van der Waals surface area contributed by atoms with Crippen molar-refractivity contribution in [3.05, 3.63) is 77.4 Å². The van der Waals surface area contributed by atoms with E-state index in [-0.39, 0.29) is 30.2 Å². The van der Waals surface area contributed by atoms with Crippen molar-refractivity contribution >= 4 is 29.2 Å². The largest absolute Gasteiger partial charge is 0.464 e. The molecule has 1 saturated heterocycles. The number of nitriles is 1. The number of ether oxygens (including phenoxy) is 1. The number of rotatable bonds is 5. The molecule has 1 atom stereocenters. The van der Waals surface area contributed by atoms with E-state index in [0.717, 1.165) is 16.8 Å². The van der Waals surface area contributed by atoms with Crippen LogP contribution in [-0.4, -0.2) is 47.5 Å². The number of carbonyl (C=O) groups excluding carboxylic acids is 3. The Hall–Kier alpha value is -4.45. The zero-order valence-corrected chi connectivity index (χ0v) is 21.0. The smallest absolute Gasteiger partial charge is 0.356 e. The molecule has 37 heavy (non-hydrogen) atoms. The van der Waals surface area contributed by atoms with E-state index in [2.05, 4.69) is 31.0 Å². The molecule has 2 aliphatic rings. The average Bonchev–Trinajstić information content (AvgIpc) is 3.59. The van der Waals surface area contributed by atoms with Gasteiger partial charge in [0.1, 0.15) is 5.69 Å². The van der Waals surface area contributed by atoms with Crippen LogP contribution in [0.5, 0.6) is 0 Å². The number of fused-ring (bicyclic) bond motifs is 1. The second-order valence-electron chi connectivity index (χ2n) is 10.1. The van der Waals surface area contributed by atoms with Gasteiger partial charge in [-0.05, 0) is 35.4 Å². The molecule has 0 aliphatic carbocycles. The molecule has 0 spiro atoms. The number of carbonyl (C=O) groups is 3. The zero-order valence-electron chi connectivity index (χ0n) is 21.0. The molecular weight excluding hydrogens is 470 g/mol. The van der Waals surface area contributed by atoms with Crippen LogP contribution in [0.15, 0.2) is 55.0 Å². The van der Waals surface area contributed by atoms with Gasteiger partial charge in [0.25, 0.3) is 0 Å². The minimum Gasteiger partial charge on any atom is -0.464 e. The normalized spacial score (nSPS) is 18.0. The Morgan fingerprint density at radius 2 is 2.03 bits per heavy atom. The summed E-state index contributed by atoms with van der Waals surface area (Å²) in [5.74, 6) is -1.11. The van der Waals surface area contributed by atoms with Crippen molar-refractivity contribution in [2.75, 3.05) is 30.0 Å². The van der Waals surface area contributed by atoms with Gasteiger partial charge in [-0.1, -0.05) is 32.0 Å². The number of hydrogen-bond acceptors (Lipinski definition) is 6. The molecule has 0 saturated carbocycles. The predicted octanol–water partition coefficient (Wildman–Crippen LogP) is 3.27. The molecule has 0 N–H and O–H groups in total. The molecule has 3 heterocycles. The number of amides is 2. The number of imidazole rings is 1. The fraction of sp³-hybridized carbons (Fsp3) is 0.321. The van der Waals surface area contributed by atoms with Crippen LogP contribution < -0.4 is 9.80 Å². The molecule has 188 valence electrons. The minimum atomic E-state index is -0.465. The molecule has 0 bridgehead atoms. The number of nitrogens with zero attached hydrogens (tertiary/aromatic N) is 5. The van der Waals surface area contributed by atoms with Crippen LogP contribution in [0.4, 0.5) is 11.4 Å². The van der Waals surface area contributed by atoms with E-state index in [1.165, 1.54) is 13.3 Å². The van der Waals surface area contributed by atoms with E-state index in [4.69, 9.17) is 4.74 Å². The summed E-state index contributed by atoms with van der Waals surface area (Å²) in [6, 6.07) is 14.9. The second-order valence-corrected chi connectivity index (χ2v) is 10.1. The zero-order chi connectivity index (χ0) is 26.3. The number of anilines is 2. The monoisotopic (exact) mass is 497 g/mol. The fourth-order valence-corrected chi connectivity index (χ4v) is 5.23. The van der Waals surface area contributed by atoms with Crippen LogP contribution in [0.1, 0.15) is 47.4 Å². The minimum absolute atomic E-state index is 0.0746. The summed E-state index contributed by atoms with van der Waals surface area (Å²) in [6.45, 7) is 5.43. The van der Waals surface area contributed by atoms with E-state index in [1.807, 2.05) is 12.1 Å². The number of methoxy groups -OCH3 is 1. The fourth-order valence-electron chi connectivity index (χ4n) is 5.23. The molecule has 5 rings (SSSR count). The summed E-state index contributed by atoms with van der Waals surface area (Å²) in [5, 5.41) is 9.20. The van der Waals surface area contributed by atoms with Crippen LogP contribution in [0.2, 0.25) is 0 Å². The molecule has 0 unspecified atom stereocenters. The van der Waals surface area contributed by atoms with Gasteiger partial charge in [-0.2, -0.15) is 5.26 Å². The third-order valence-electron chi connectivity index (χ3n) is 7.12. The lowest BCUT2D eigenvalue weighted by Crippen LogP contribution is -2.39. The molecule has 2 amide bonds. The summed E-state index contributed by atoms with van der Waals surface area (Å²) < 4.78 is 6.57. The summed E-state index contributed by atoms with van der Waals surface area (Å²) in [4.78, 5) is 46.0. The van der Waals surface area contributed by atoms with Crippen molar-refractivity contribution in [3.8, 4) is 6.07 Å². The Morgan fingerprint density at radius 3 is 2.78 bits per heavy atom. The molecule has 3 aromatic rings. The van der Waals surface area contributed by atoms with Gasteiger partial charge >= 0.3 is 5.97 Å². The van der Waals surface area contributed by atoms with E-state index >= 15 is 0 Å². The molecule has 1 aromatic heterocycles. The Labute approximate surface area is 214 Å². The maximum atomic E-state index is 13.7. The molecule has 9 nitrogen and oxygen atoms in total. The Kier molecular flexibility index (Phi) is 6.04. The van der Waals surface area contributed by atoms with Crippen LogP contribution in [-0.2, 0) is 26.3 Å². The van der Waals surface area contributed by atoms with Gasteiger partial charge < -0.3 is 19.1 Å². The van der Waals surface area contributed by atoms with Crippen molar-refractivity contribution in [3.63, 3.8) is 0 Å². The highest BCUT2D eigenvalue weighted by molar-refractivity contribution is 6.05. The van der Waals surface area contributed by atoms with Crippen LogP contribution in [0.3, 0.4) is 0 Å². The third-order valence-corrected chi connectivity index (χ3v) is 7.12. The van der Waals surface area contributed by atoms with Crippen molar-refractivity contribution in [1.29, 1.82) is 5.26 Å². The highest BCUT2D eigenvalue weighted by Gasteiger charge is 2.43. The van der Waals surface area contributed by atoms with Gasteiger partial charge in [0.05, 0.1) is 37.2 Å². The number of aromatic nitrogens is 2. The maximum Gasteiger partial charge on any atom is 0.356 e. The Bertz CT molecular complexity index is 1450. The first-order valence-corrected chi connectivity index (χ1v) is 12.1. The first kappa shape index (κ1) is 24.3. The predicted molar refractivity (Wildman–Crippen MR) is 136 cm³/mol. The quantitative estimate of drug-likeness (QED) is 0.501. The van der Waals surface area contributed by atoms with Gasteiger partial charge in [0.2, 0.25) is 11.8 Å². The van der Waals surface area contributed by atoms with Crippen molar-refractivity contribution in [1.82, 2.24) is 9.55 Å². The van der Waals surface area contributed by atoms with E-state index in [0.29, 0.717) is 30.0 Å². The van der Waals surface area contributed by atoms with Crippen LogP contribution >= 0.6 is 0 Å². The lowest BCUT2D eigenvalue weighted by atomic mass is 9.86. The molecule has 1 fully saturated rings. The molecular formula is C28H27N5O4. The highest BCUT2D eigenvalue weighted by atomic mass is 16.5. The van der Waals surface area contributed by atoms with Crippen LogP contribution in [0, 0.1) is 17.2 Å². The summed E-state index contributed by atoms with van der Waals surface area (Å²) in [7, 11) is 1.34. The van der Waals surface area contributed by atoms with Gasteiger partial charge in [-0.15, -0.1) is 0 Å². The Balaban J connectivity index is 1.37. The molecule has 2 aromatic carbocycles. The van der Waals surface area contributed by atoms with Crippen molar-refractivity contribution in [2.45, 2.75) is 32.2 Å².